The second-order valence-corrected chi connectivity index (χ2v) is 14.7. The molecule has 0 saturated heterocycles. The molecule has 0 fully saturated rings. The number of nitrogens with zero attached hydrogens (tertiary/aromatic N) is 4. The van der Waals surface area contributed by atoms with Gasteiger partial charge in [-0.1, -0.05) is 91.0 Å². The standard InChI is InChI=1S/C45H39N4O4/c1-44(28-30-16-18-32-10-5-7-12-34(32)24-30)38-26-36(48(50)51)20-22-40(38)46(3)42(44)14-9-15-43-45(2,29-31-17-19-33-11-6-8-13-35(33)25-31)39-27-37(49(52)53)21-23-41(39)47(43)4/h5-27H,28-29H2,1-4H3/q+1. The predicted molar refractivity (Wildman–Crippen MR) is 213 cm³/mol. The molecule has 0 bridgehead atoms. The molecule has 0 spiro atoms. The molecule has 8 heteroatoms. The van der Waals surface area contributed by atoms with Gasteiger partial charge in [0.15, 0.2) is 5.71 Å². The minimum atomic E-state index is -0.576. The number of rotatable bonds is 8. The molecule has 0 aromatic heterocycles. The third kappa shape index (κ3) is 5.67. The van der Waals surface area contributed by atoms with Crippen LogP contribution < -0.4 is 4.90 Å². The normalized spacial score (nSPS) is 20.2. The number of allylic oxidation sites excluding steroid dienone is 4. The summed E-state index contributed by atoms with van der Waals surface area (Å²) in [4.78, 5) is 25.4. The van der Waals surface area contributed by atoms with Crippen LogP contribution in [-0.2, 0) is 23.7 Å². The molecular formula is C45H39N4O4+. The summed E-state index contributed by atoms with van der Waals surface area (Å²) in [5.74, 6) is 0. The summed E-state index contributed by atoms with van der Waals surface area (Å²) in [6.45, 7) is 4.34. The van der Waals surface area contributed by atoms with Crippen LogP contribution >= 0.6 is 0 Å². The van der Waals surface area contributed by atoms with Crippen LogP contribution in [0.15, 0.2) is 145 Å². The maximum absolute atomic E-state index is 12.0. The summed E-state index contributed by atoms with van der Waals surface area (Å²) in [6.07, 6.45) is 7.59. The Labute approximate surface area is 307 Å². The second-order valence-electron chi connectivity index (χ2n) is 14.7. The molecule has 0 amide bonds. The van der Waals surface area contributed by atoms with Crippen molar-refractivity contribution in [2.45, 2.75) is 37.5 Å². The molecule has 0 radical (unpaired) electrons. The molecule has 0 N–H and O–H groups in total. The van der Waals surface area contributed by atoms with E-state index in [1.807, 2.05) is 50.5 Å². The van der Waals surface area contributed by atoms with Gasteiger partial charge in [0.25, 0.3) is 11.4 Å². The van der Waals surface area contributed by atoms with Crippen LogP contribution in [-0.4, -0.2) is 34.2 Å². The molecule has 6 aromatic rings. The highest BCUT2D eigenvalue weighted by Gasteiger charge is 2.48. The first-order chi connectivity index (χ1) is 25.5. The lowest BCUT2D eigenvalue weighted by molar-refractivity contribution is -0.402. The van der Waals surface area contributed by atoms with Gasteiger partial charge in [0.05, 0.1) is 15.3 Å². The average Bonchev–Trinajstić information content (AvgIpc) is 3.49. The van der Waals surface area contributed by atoms with E-state index in [2.05, 4.69) is 102 Å². The number of hydrogen-bond acceptors (Lipinski definition) is 5. The summed E-state index contributed by atoms with van der Waals surface area (Å²) in [7, 11) is 4.04. The van der Waals surface area contributed by atoms with Gasteiger partial charge in [-0.25, -0.2) is 0 Å². The van der Waals surface area contributed by atoms with E-state index in [4.69, 9.17) is 0 Å². The summed E-state index contributed by atoms with van der Waals surface area (Å²) < 4.78 is 2.14. The number of anilines is 1. The molecule has 0 aliphatic carbocycles. The van der Waals surface area contributed by atoms with E-state index in [0.717, 1.165) is 66.6 Å². The van der Waals surface area contributed by atoms with Crippen LogP contribution in [0.5, 0.6) is 0 Å². The monoisotopic (exact) mass is 699 g/mol. The number of hydrogen-bond donors (Lipinski definition) is 0. The first-order valence-electron chi connectivity index (χ1n) is 17.7. The Kier molecular flexibility index (Phi) is 8.06. The molecule has 53 heavy (non-hydrogen) atoms. The van der Waals surface area contributed by atoms with E-state index in [1.54, 1.807) is 24.3 Å². The third-order valence-electron chi connectivity index (χ3n) is 11.4. The minimum absolute atomic E-state index is 0.0677. The zero-order chi connectivity index (χ0) is 37.1. The highest BCUT2D eigenvalue weighted by molar-refractivity contribution is 6.04. The van der Waals surface area contributed by atoms with Crippen molar-refractivity contribution in [1.29, 1.82) is 0 Å². The highest BCUT2D eigenvalue weighted by Crippen LogP contribution is 2.50. The number of fused-ring (bicyclic) bond motifs is 4. The summed E-state index contributed by atoms with van der Waals surface area (Å²) in [5, 5.41) is 28.5. The van der Waals surface area contributed by atoms with Gasteiger partial charge in [0, 0.05) is 65.8 Å². The van der Waals surface area contributed by atoms with Crippen LogP contribution in [0.3, 0.4) is 0 Å². The Morgan fingerprint density at radius 2 is 1.19 bits per heavy atom. The van der Waals surface area contributed by atoms with Crippen molar-refractivity contribution in [3.8, 4) is 0 Å². The fourth-order valence-electron chi connectivity index (χ4n) is 8.73. The Bertz CT molecular complexity index is 2610. The molecule has 0 saturated carbocycles. The first-order valence-corrected chi connectivity index (χ1v) is 17.7. The largest absolute Gasteiger partial charge is 0.347 e. The molecule has 2 aliphatic heterocycles. The molecule has 2 heterocycles. The van der Waals surface area contributed by atoms with Gasteiger partial charge in [-0.2, -0.15) is 4.58 Å². The molecule has 8 rings (SSSR count). The molecule has 2 atom stereocenters. The molecular weight excluding hydrogens is 661 g/mol. The van der Waals surface area contributed by atoms with Crippen LogP contribution in [0, 0.1) is 20.2 Å². The zero-order valence-electron chi connectivity index (χ0n) is 30.1. The fraction of sp³-hybridized carbons (Fsp3) is 0.178. The van der Waals surface area contributed by atoms with E-state index in [9.17, 15) is 20.2 Å². The molecule has 6 aromatic carbocycles. The van der Waals surface area contributed by atoms with Crippen molar-refractivity contribution in [3.05, 3.63) is 188 Å². The van der Waals surface area contributed by atoms with Gasteiger partial charge in [-0.3, -0.25) is 20.2 Å². The Hall–Kier alpha value is -6.41. The maximum Gasteiger partial charge on any atom is 0.270 e. The van der Waals surface area contributed by atoms with Gasteiger partial charge in [0.1, 0.15) is 7.05 Å². The summed E-state index contributed by atoms with van der Waals surface area (Å²) in [5.41, 5.74) is 6.98. The third-order valence-corrected chi connectivity index (χ3v) is 11.4. The topological polar surface area (TPSA) is 92.5 Å². The Morgan fingerprint density at radius 1 is 0.660 bits per heavy atom. The van der Waals surface area contributed by atoms with Gasteiger partial charge in [-0.05, 0) is 77.1 Å². The Balaban J connectivity index is 1.22. The van der Waals surface area contributed by atoms with Crippen molar-refractivity contribution in [2.24, 2.45) is 0 Å². The lowest BCUT2D eigenvalue weighted by Gasteiger charge is -2.29. The number of likely N-dealkylation sites (N-methyl/N-ethyl adjacent to an activating group) is 1. The van der Waals surface area contributed by atoms with Crippen molar-refractivity contribution in [2.75, 3.05) is 19.0 Å². The van der Waals surface area contributed by atoms with Crippen molar-refractivity contribution < 1.29 is 14.4 Å². The molecule has 2 aliphatic rings. The number of nitro benzene ring substituents is 2. The highest BCUT2D eigenvalue weighted by atomic mass is 16.6. The van der Waals surface area contributed by atoms with Crippen LogP contribution in [0.2, 0.25) is 0 Å². The zero-order valence-corrected chi connectivity index (χ0v) is 30.1. The van der Waals surface area contributed by atoms with Crippen LogP contribution in [0.1, 0.15) is 36.1 Å². The Morgan fingerprint density at radius 3 is 1.77 bits per heavy atom. The average molecular weight is 700 g/mol. The fourth-order valence-corrected chi connectivity index (χ4v) is 8.73. The predicted octanol–water partition coefficient (Wildman–Crippen LogP) is 10.1. The number of non-ortho nitro benzene ring substituents is 2. The van der Waals surface area contributed by atoms with Crippen LogP contribution in [0.4, 0.5) is 22.7 Å². The van der Waals surface area contributed by atoms with Crippen molar-refractivity contribution >= 4 is 50.0 Å². The SMILES string of the molecule is CN1C(=CC=CC2=[N+](C)c3ccc([N+](=O)[O-])cc3C2(C)Cc2ccc3ccccc3c2)C(C)(Cc2ccc3ccccc3c2)c2cc([N+](=O)[O-])ccc21. The maximum atomic E-state index is 12.0. The van der Waals surface area contributed by atoms with Gasteiger partial charge in [0.2, 0.25) is 5.69 Å². The minimum Gasteiger partial charge on any atom is -0.347 e. The molecule has 8 nitrogen and oxygen atoms in total. The van der Waals surface area contributed by atoms with E-state index in [1.165, 1.54) is 0 Å². The lowest BCUT2D eigenvalue weighted by atomic mass is 9.74. The van der Waals surface area contributed by atoms with E-state index in [-0.39, 0.29) is 21.2 Å². The van der Waals surface area contributed by atoms with E-state index >= 15 is 0 Å². The second kappa shape index (κ2) is 12.7. The lowest BCUT2D eigenvalue weighted by Crippen LogP contribution is -2.33. The van der Waals surface area contributed by atoms with Gasteiger partial charge >= 0.3 is 0 Å². The van der Waals surface area contributed by atoms with Crippen LogP contribution in [0.25, 0.3) is 21.5 Å². The smallest absolute Gasteiger partial charge is 0.270 e. The molecule has 2 unspecified atom stereocenters. The number of nitro groups is 2. The quantitative estimate of drug-likeness (QED) is 0.0896. The first kappa shape index (κ1) is 33.7. The summed E-state index contributed by atoms with van der Waals surface area (Å²) in [6, 6.07) is 39.8. The van der Waals surface area contributed by atoms with Crippen molar-refractivity contribution in [1.82, 2.24) is 0 Å². The number of benzene rings is 6. The summed E-state index contributed by atoms with van der Waals surface area (Å²) >= 11 is 0. The molecule has 262 valence electrons. The van der Waals surface area contributed by atoms with Gasteiger partial charge in [-0.15, -0.1) is 0 Å². The van der Waals surface area contributed by atoms with Crippen molar-refractivity contribution in [3.63, 3.8) is 0 Å². The van der Waals surface area contributed by atoms with Gasteiger partial charge < -0.3 is 4.90 Å². The van der Waals surface area contributed by atoms with E-state index in [0.29, 0.717) is 12.8 Å². The van der Waals surface area contributed by atoms with E-state index < -0.39 is 10.8 Å².